The van der Waals surface area contributed by atoms with Crippen molar-refractivity contribution in [1.29, 1.82) is 5.41 Å². The van der Waals surface area contributed by atoms with Crippen molar-refractivity contribution < 1.29 is 12.8 Å². The van der Waals surface area contributed by atoms with Crippen LogP contribution < -0.4 is 10.5 Å². The molecular weight excluding hydrogens is 361 g/mol. The molecule has 0 aliphatic heterocycles. The van der Waals surface area contributed by atoms with Crippen molar-refractivity contribution in [3.8, 4) is 0 Å². The summed E-state index contributed by atoms with van der Waals surface area (Å²) < 4.78 is 40.5. The van der Waals surface area contributed by atoms with Crippen molar-refractivity contribution in [2.75, 3.05) is 10.5 Å². The first-order valence-electron chi connectivity index (χ1n) is 5.72. The average molecular weight is 372 g/mol. The van der Waals surface area contributed by atoms with Gasteiger partial charge in [0, 0.05) is 10.2 Å². The zero-order chi connectivity index (χ0) is 15.6. The van der Waals surface area contributed by atoms with Crippen LogP contribution in [-0.2, 0) is 10.0 Å². The van der Waals surface area contributed by atoms with Crippen LogP contribution in [0.2, 0.25) is 0 Å². The topological polar surface area (TPSA) is 96.0 Å². The van der Waals surface area contributed by atoms with E-state index in [0.717, 1.165) is 0 Å². The third-order valence-electron chi connectivity index (χ3n) is 2.65. The standard InChI is InChI=1S/C13H11BrFN3O2S/c14-8-6-10(16)12(13(15)17)11(7-8)18-21(19,20)9-4-2-1-3-5-9/h1-7,17-18H,16H2. The first kappa shape index (κ1) is 15.5. The zero-order valence-electron chi connectivity index (χ0n) is 10.6. The minimum absolute atomic E-state index is 0.0277. The van der Waals surface area contributed by atoms with E-state index in [1.54, 1.807) is 18.2 Å². The summed E-state index contributed by atoms with van der Waals surface area (Å²) >= 11 is 3.15. The lowest BCUT2D eigenvalue weighted by molar-refractivity contribution is 0.601. The Morgan fingerprint density at radius 3 is 2.43 bits per heavy atom. The summed E-state index contributed by atoms with van der Waals surface area (Å²) in [6, 6.07) is 10.4. The Balaban J connectivity index is 2.52. The molecule has 2 aromatic rings. The molecule has 110 valence electrons. The van der Waals surface area contributed by atoms with Gasteiger partial charge in [0.15, 0.2) is 0 Å². The molecule has 0 bridgehead atoms. The second kappa shape index (κ2) is 5.82. The van der Waals surface area contributed by atoms with Crippen molar-refractivity contribution in [1.82, 2.24) is 0 Å². The van der Waals surface area contributed by atoms with Gasteiger partial charge in [-0.05, 0) is 24.3 Å². The van der Waals surface area contributed by atoms with Gasteiger partial charge in [-0.25, -0.2) is 8.42 Å². The maximum Gasteiger partial charge on any atom is 0.261 e. The van der Waals surface area contributed by atoms with E-state index in [-0.39, 0.29) is 21.8 Å². The number of hydrogen-bond donors (Lipinski definition) is 3. The van der Waals surface area contributed by atoms with Gasteiger partial charge in [0.1, 0.15) is 0 Å². The molecule has 0 spiro atoms. The molecule has 0 aliphatic carbocycles. The van der Waals surface area contributed by atoms with Gasteiger partial charge in [-0.2, -0.15) is 4.39 Å². The van der Waals surface area contributed by atoms with Crippen molar-refractivity contribution in [2.45, 2.75) is 4.90 Å². The van der Waals surface area contributed by atoms with Crippen molar-refractivity contribution in [2.24, 2.45) is 0 Å². The van der Waals surface area contributed by atoms with E-state index >= 15 is 0 Å². The van der Waals surface area contributed by atoms with Gasteiger partial charge in [0.2, 0.25) is 5.97 Å². The van der Waals surface area contributed by atoms with Crippen LogP contribution in [-0.4, -0.2) is 14.4 Å². The number of benzene rings is 2. The van der Waals surface area contributed by atoms with Gasteiger partial charge in [-0.1, -0.05) is 34.1 Å². The molecule has 2 rings (SSSR count). The smallest absolute Gasteiger partial charge is 0.261 e. The quantitative estimate of drug-likeness (QED) is 0.568. The molecule has 0 radical (unpaired) electrons. The Kier molecular flexibility index (Phi) is 4.29. The molecule has 0 heterocycles. The number of anilines is 2. The molecule has 0 fully saturated rings. The normalized spacial score (nSPS) is 11.1. The minimum atomic E-state index is -3.89. The Morgan fingerprint density at radius 2 is 1.86 bits per heavy atom. The fraction of sp³-hybridized carbons (Fsp3) is 0. The van der Waals surface area contributed by atoms with Crippen LogP contribution in [0.15, 0.2) is 51.8 Å². The average Bonchev–Trinajstić information content (AvgIpc) is 2.37. The highest BCUT2D eigenvalue weighted by atomic mass is 79.9. The Bertz CT molecular complexity index is 795. The number of nitrogens with two attached hydrogens (primary N) is 1. The Hall–Kier alpha value is -1.93. The molecular formula is C13H11BrFN3O2S. The predicted octanol–water partition coefficient (Wildman–Crippen LogP) is 3.13. The van der Waals surface area contributed by atoms with E-state index in [2.05, 4.69) is 20.7 Å². The van der Waals surface area contributed by atoms with Crippen LogP contribution in [0.3, 0.4) is 0 Å². The highest BCUT2D eigenvalue weighted by Gasteiger charge is 2.19. The molecule has 5 nitrogen and oxygen atoms in total. The molecule has 0 unspecified atom stereocenters. The molecule has 21 heavy (non-hydrogen) atoms. The lowest BCUT2D eigenvalue weighted by Gasteiger charge is -2.13. The molecule has 0 aromatic heterocycles. The summed E-state index contributed by atoms with van der Waals surface area (Å²) in [5.74, 6) is -1.31. The lowest BCUT2D eigenvalue weighted by atomic mass is 10.1. The molecule has 0 atom stereocenters. The SMILES string of the molecule is N=C(F)c1c(N)cc(Br)cc1NS(=O)(=O)c1ccccc1. The molecule has 0 saturated heterocycles. The third kappa shape index (κ3) is 3.40. The second-order valence-electron chi connectivity index (χ2n) is 4.15. The first-order chi connectivity index (χ1) is 9.81. The van der Waals surface area contributed by atoms with Gasteiger partial charge >= 0.3 is 0 Å². The summed E-state index contributed by atoms with van der Waals surface area (Å²) in [5, 5.41) is 7.10. The highest BCUT2D eigenvalue weighted by Crippen LogP contribution is 2.30. The van der Waals surface area contributed by atoms with Crippen molar-refractivity contribution in [3.05, 3.63) is 52.5 Å². The van der Waals surface area contributed by atoms with E-state index in [0.29, 0.717) is 4.47 Å². The molecule has 2 aromatic carbocycles. The third-order valence-corrected chi connectivity index (χ3v) is 4.49. The number of rotatable bonds is 4. The van der Waals surface area contributed by atoms with Crippen LogP contribution in [0.25, 0.3) is 0 Å². The van der Waals surface area contributed by atoms with E-state index in [9.17, 15) is 12.8 Å². The fourth-order valence-electron chi connectivity index (χ4n) is 1.76. The fourth-order valence-corrected chi connectivity index (χ4v) is 3.32. The Labute approximate surface area is 129 Å². The van der Waals surface area contributed by atoms with Crippen LogP contribution in [0.5, 0.6) is 0 Å². The largest absolute Gasteiger partial charge is 0.398 e. The minimum Gasteiger partial charge on any atom is -0.398 e. The summed E-state index contributed by atoms with van der Waals surface area (Å²) in [6.07, 6.45) is 0. The maximum atomic E-state index is 13.3. The number of nitrogens with one attached hydrogen (secondary N) is 2. The molecule has 0 saturated carbocycles. The number of nitrogen functional groups attached to an aromatic ring is 1. The second-order valence-corrected chi connectivity index (χ2v) is 6.75. The van der Waals surface area contributed by atoms with Crippen molar-refractivity contribution in [3.63, 3.8) is 0 Å². The van der Waals surface area contributed by atoms with Gasteiger partial charge in [0.25, 0.3) is 10.0 Å². The lowest BCUT2D eigenvalue weighted by Crippen LogP contribution is -2.16. The summed E-state index contributed by atoms with van der Waals surface area (Å²) in [4.78, 5) is 0.0277. The summed E-state index contributed by atoms with van der Waals surface area (Å²) in [7, 11) is -3.89. The van der Waals surface area contributed by atoms with Gasteiger partial charge in [0.05, 0.1) is 16.1 Å². The van der Waals surface area contributed by atoms with Crippen LogP contribution in [0.4, 0.5) is 15.8 Å². The van der Waals surface area contributed by atoms with Crippen LogP contribution in [0, 0.1) is 5.41 Å². The predicted molar refractivity (Wildman–Crippen MR) is 83.7 cm³/mol. The van der Waals surface area contributed by atoms with Crippen LogP contribution >= 0.6 is 15.9 Å². The van der Waals surface area contributed by atoms with Gasteiger partial charge < -0.3 is 5.73 Å². The van der Waals surface area contributed by atoms with E-state index in [1.165, 1.54) is 24.3 Å². The molecule has 0 aliphatic rings. The number of hydrogen-bond acceptors (Lipinski definition) is 4. The van der Waals surface area contributed by atoms with E-state index in [4.69, 9.17) is 11.1 Å². The molecule has 4 N–H and O–H groups in total. The van der Waals surface area contributed by atoms with Crippen molar-refractivity contribution >= 4 is 43.3 Å². The monoisotopic (exact) mass is 371 g/mol. The number of sulfonamides is 1. The zero-order valence-corrected chi connectivity index (χ0v) is 13.0. The van der Waals surface area contributed by atoms with Gasteiger partial charge in [-0.3, -0.25) is 10.1 Å². The summed E-state index contributed by atoms with van der Waals surface area (Å²) in [5.41, 5.74) is 5.20. The first-order valence-corrected chi connectivity index (χ1v) is 8.00. The van der Waals surface area contributed by atoms with Crippen LogP contribution in [0.1, 0.15) is 5.56 Å². The highest BCUT2D eigenvalue weighted by molar-refractivity contribution is 9.10. The number of halogens is 2. The summed E-state index contributed by atoms with van der Waals surface area (Å²) in [6.45, 7) is 0. The maximum absolute atomic E-state index is 13.3. The van der Waals surface area contributed by atoms with E-state index in [1.807, 2.05) is 0 Å². The van der Waals surface area contributed by atoms with E-state index < -0.39 is 16.0 Å². The molecule has 0 amide bonds. The molecule has 8 heteroatoms. The Morgan fingerprint density at radius 1 is 1.24 bits per heavy atom. The van der Waals surface area contributed by atoms with Gasteiger partial charge in [-0.15, -0.1) is 0 Å².